The molecule has 3 aliphatic heterocycles. The molecule has 1 aromatic carbocycles. The summed E-state index contributed by atoms with van der Waals surface area (Å²) in [4.78, 5) is 17.0. The predicted molar refractivity (Wildman–Crippen MR) is 101 cm³/mol. The lowest BCUT2D eigenvalue weighted by molar-refractivity contribution is 0.0622. The molecule has 0 radical (unpaired) electrons. The van der Waals surface area contributed by atoms with Crippen LogP contribution in [0.2, 0.25) is 0 Å². The maximum Gasteiger partial charge on any atom is 0.261 e. The van der Waals surface area contributed by atoms with Gasteiger partial charge in [0.25, 0.3) is 5.91 Å². The van der Waals surface area contributed by atoms with Crippen LogP contribution >= 0.6 is 11.3 Å². The maximum absolute atomic E-state index is 12.7. The molecule has 2 aromatic rings. The molecule has 5 rings (SSSR count). The normalized spacial score (nSPS) is 24.9. The van der Waals surface area contributed by atoms with Crippen LogP contribution in [0.3, 0.4) is 0 Å². The van der Waals surface area contributed by atoms with E-state index in [1.807, 2.05) is 37.3 Å². The first kappa shape index (κ1) is 16.6. The number of thiophene rings is 1. The van der Waals surface area contributed by atoms with Gasteiger partial charge in [-0.3, -0.25) is 4.79 Å². The van der Waals surface area contributed by atoms with E-state index in [1.54, 1.807) is 11.3 Å². The predicted octanol–water partition coefficient (Wildman–Crippen LogP) is 3.64. The van der Waals surface area contributed by atoms with Gasteiger partial charge in [-0.1, -0.05) is 12.1 Å². The van der Waals surface area contributed by atoms with E-state index in [4.69, 9.17) is 4.74 Å². The molecule has 3 aliphatic rings. The monoisotopic (exact) mass is 356 g/mol. The molecule has 1 amide bonds. The molecule has 1 atom stereocenters. The number of nitrogens with zero attached hydrogens (tertiary/aromatic N) is 1. The number of ether oxygens (including phenoxy) is 1. The molecular weight excluding hydrogens is 332 g/mol. The number of carbonyl (C=O) groups is 1. The average molecular weight is 356 g/mol. The quantitative estimate of drug-likeness (QED) is 0.889. The second-order valence-electron chi connectivity index (χ2n) is 6.84. The fourth-order valence-corrected chi connectivity index (χ4v) is 4.79. The van der Waals surface area contributed by atoms with E-state index in [-0.39, 0.29) is 5.91 Å². The summed E-state index contributed by atoms with van der Waals surface area (Å²) >= 11 is 1.55. The van der Waals surface area contributed by atoms with Gasteiger partial charge in [0.2, 0.25) is 0 Å². The summed E-state index contributed by atoms with van der Waals surface area (Å²) in [6.45, 7) is 6.02. The Morgan fingerprint density at radius 1 is 1.28 bits per heavy atom. The highest BCUT2D eigenvalue weighted by Gasteiger charge is 2.35. The van der Waals surface area contributed by atoms with Crippen molar-refractivity contribution in [3.05, 3.63) is 41.3 Å². The van der Waals surface area contributed by atoms with Crippen molar-refractivity contribution in [3.63, 3.8) is 0 Å². The highest BCUT2D eigenvalue weighted by Crippen LogP contribution is 2.31. The summed E-state index contributed by atoms with van der Waals surface area (Å²) in [5, 5.41) is 3.27. The van der Waals surface area contributed by atoms with Crippen LogP contribution in [0.5, 0.6) is 5.75 Å². The third-order valence-electron chi connectivity index (χ3n) is 5.23. The fraction of sp³-hybridized carbons (Fsp3) is 0.450. The summed E-state index contributed by atoms with van der Waals surface area (Å²) in [5.74, 6) is 1.58. The second-order valence-corrected chi connectivity index (χ2v) is 7.93. The molecule has 5 heteroatoms. The van der Waals surface area contributed by atoms with Gasteiger partial charge in [-0.05, 0) is 68.6 Å². The summed E-state index contributed by atoms with van der Waals surface area (Å²) in [5.41, 5.74) is 1.10. The Morgan fingerprint density at radius 3 is 2.84 bits per heavy atom. The molecule has 3 saturated heterocycles. The van der Waals surface area contributed by atoms with Gasteiger partial charge in [0, 0.05) is 17.5 Å². The minimum absolute atomic E-state index is 0.0657. The zero-order valence-corrected chi connectivity index (χ0v) is 15.3. The van der Waals surface area contributed by atoms with Gasteiger partial charge in [0.05, 0.1) is 11.5 Å². The molecule has 1 aromatic heterocycles. The molecule has 4 heterocycles. The Bertz CT molecular complexity index is 750. The van der Waals surface area contributed by atoms with Crippen LogP contribution in [0.1, 0.15) is 29.4 Å². The van der Waals surface area contributed by atoms with Gasteiger partial charge in [0.1, 0.15) is 5.75 Å². The van der Waals surface area contributed by atoms with E-state index in [1.165, 1.54) is 25.9 Å². The SMILES string of the molecule is CCOc1cccc(-c2ccc(C(=O)NC3CN4CCC3CC4)s2)c1. The van der Waals surface area contributed by atoms with E-state index in [0.29, 0.717) is 18.6 Å². The first-order chi connectivity index (χ1) is 12.2. The number of amides is 1. The van der Waals surface area contributed by atoms with E-state index >= 15 is 0 Å². The average Bonchev–Trinajstić information content (AvgIpc) is 3.14. The number of hydrogen-bond acceptors (Lipinski definition) is 4. The lowest BCUT2D eigenvalue weighted by atomic mass is 9.84. The second kappa shape index (κ2) is 7.18. The van der Waals surface area contributed by atoms with Crippen molar-refractivity contribution in [1.82, 2.24) is 10.2 Å². The number of nitrogens with one attached hydrogen (secondary N) is 1. The number of carbonyl (C=O) groups excluding carboxylic acids is 1. The zero-order valence-electron chi connectivity index (χ0n) is 14.5. The smallest absolute Gasteiger partial charge is 0.261 e. The Hall–Kier alpha value is -1.85. The number of rotatable bonds is 5. The summed E-state index contributed by atoms with van der Waals surface area (Å²) < 4.78 is 5.57. The van der Waals surface area contributed by atoms with E-state index in [0.717, 1.165) is 27.6 Å². The summed E-state index contributed by atoms with van der Waals surface area (Å²) in [6, 6.07) is 12.3. The van der Waals surface area contributed by atoms with Crippen molar-refractivity contribution in [2.24, 2.45) is 5.92 Å². The molecule has 2 bridgehead atoms. The van der Waals surface area contributed by atoms with Crippen molar-refractivity contribution >= 4 is 17.2 Å². The Morgan fingerprint density at radius 2 is 2.12 bits per heavy atom. The molecule has 25 heavy (non-hydrogen) atoms. The van der Waals surface area contributed by atoms with Gasteiger partial charge in [0.15, 0.2) is 0 Å². The molecule has 0 aliphatic carbocycles. The standard InChI is InChI=1S/C20H24N2O2S/c1-2-24-16-5-3-4-15(12-16)18-6-7-19(25-18)20(23)21-17-13-22-10-8-14(17)9-11-22/h3-7,12,14,17H,2,8-11,13H2,1H3,(H,21,23). The van der Waals surface area contributed by atoms with Crippen LogP contribution in [0.25, 0.3) is 10.4 Å². The lowest BCUT2D eigenvalue weighted by Gasteiger charge is -2.44. The van der Waals surface area contributed by atoms with Crippen LogP contribution in [-0.4, -0.2) is 43.1 Å². The highest BCUT2D eigenvalue weighted by molar-refractivity contribution is 7.17. The van der Waals surface area contributed by atoms with E-state index in [2.05, 4.69) is 16.3 Å². The number of hydrogen-bond donors (Lipinski definition) is 1. The van der Waals surface area contributed by atoms with Gasteiger partial charge in [-0.15, -0.1) is 11.3 Å². The molecule has 0 saturated carbocycles. The molecule has 1 N–H and O–H groups in total. The van der Waals surface area contributed by atoms with Crippen LogP contribution in [0, 0.1) is 5.92 Å². The molecular formula is C20H24N2O2S. The lowest BCUT2D eigenvalue weighted by Crippen LogP contribution is -2.57. The van der Waals surface area contributed by atoms with E-state index in [9.17, 15) is 4.79 Å². The van der Waals surface area contributed by atoms with Gasteiger partial charge in [-0.25, -0.2) is 0 Å². The van der Waals surface area contributed by atoms with Gasteiger partial charge >= 0.3 is 0 Å². The zero-order chi connectivity index (χ0) is 17.2. The van der Waals surface area contributed by atoms with Crippen LogP contribution in [0.4, 0.5) is 0 Å². The largest absolute Gasteiger partial charge is 0.494 e. The van der Waals surface area contributed by atoms with Crippen LogP contribution in [0.15, 0.2) is 36.4 Å². The third kappa shape index (κ3) is 3.58. The molecule has 0 spiro atoms. The molecule has 132 valence electrons. The Kier molecular flexibility index (Phi) is 4.77. The molecule has 4 nitrogen and oxygen atoms in total. The van der Waals surface area contributed by atoms with Crippen LogP contribution in [-0.2, 0) is 0 Å². The highest BCUT2D eigenvalue weighted by atomic mass is 32.1. The third-order valence-corrected chi connectivity index (χ3v) is 6.37. The fourth-order valence-electron chi connectivity index (χ4n) is 3.89. The van der Waals surface area contributed by atoms with Gasteiger partial charge < -0.3 is 15.0 Å². The van der Waals surface area contributed by atoms with Crippen molar-refractivity contribution < 1.29 is 9.53 Å². The first-order valence-corrected chi connectivity index (χ1v) is 9.91. The van der Waals surface area contributed by atoms with Crippen molar-refractivity contribution in [2.45, 2.75) is 25.8 Å². The minimum atomic E-state index is 0.0657. The van der Waals surface area contributed by atoms with Crippen molar-refractivity contribution in [1.29, 1.82) is 0 Å². The minimum Gasteiger partial charge on any atom is -0.494 e. The Balaban J connectivity index is 1.45. The summed E-state index contributed by atoms with van der Waals surface area (Å²) in [7, 11) is 0. The van der Waals surface area contributed by atoms with Crippen LogP contribution < -0.4 is 10.1 Å². The van der Waals surface area contributed by atoms with Gasteiger partial charge in [-0.2, -0.15) is 0 Å². The van der Waals surface area contributed by atoms with E-state index < -0.39 is 0 Å². The van der Waals surface area contributed by atoms with Crippen molar-refractivity contribution in [2.75, 3.05) is 26.2 Å². The summed E-state index contributed by atoms with van der Waals surface area (Å²) in [6.07, 6.45) is 2.43. The topological polar surface area (TPSA) is 41.6 Å². The number of benzene rings is 1. The first-order valence-electron chi connectivity index (χ1n) is 9.09. The Labute approximate surface area is 152 Å². The van der Waals surface area contributed by atoms with Crippen molar-refractivity contribution in [3.8, 4) is 16.2 Å². The maximum atomic E-state index is 12.7. The number of piperidine rings is 3. The molecule has 1 unspecified atom stereocenters. The molecule has 3 fully saturated rings. The number of fused-ring (bicyclic) bond motifs is 3.